The highest BCUT2D eigenvalue weighted by Crippen LogP contribution is 2.16. The number of carbonyl (C=O) groups is 1. The second-order valence-corrected chi connectivity index (χ2v) is 4.55. The second-order valence-electron chi connectivity index (χ2n) is 4.55. The van der Waals surface area contributed by atoms with Crippen molar-refractivity contribution >= 4 is 5.78 Å². The summed E-state index contributed by atoms with van der Waals surface area (Å²) < 4.78 is 0. The second kappa shape index (κ2) is 5.21. The van der Waals surface area contributed by atoms with Gasteiger partial charge in [0, 0.05) is 5.41 Å². The monoisotopic (exact) mass is 182 g/mol. The summed E-state index contributed by atoms with van der Waals surface area (Å²) >= 11 is 0. The summed E-state index contributed by atoms with van der Waals surface area (Å²) in [5.74, 6) is 0.783. The fourth-order valence-corrected chi connectivity index (χ4v) is 1.03. The zero-order valence-corrected chi connectivity index (χ0v) is 9.55. The summed E-state index contributed by atoms with van der Waals surface area (Å²) in [5.41, 5.74) is -0.234. The Morgan fingerprint density at radius 3 is 2.00 bits per heavy atom. The van der Waals surface area contributed by atoms with E-state index in [1.807, 2.05) is 26.8 Å². The Balaban J connectivity index is 4.19. The zero-order chi connectivity index (χ0) is 10.5. The van der Waals surface area contributed by atoms with E-state index < -0.39 is 0 Å². The third-order valence-electron chi connectivity index (χ3n) is 2.31. The van der Waals surface area contributed by atoms with Gasteiger partial charge in [-0.25, -0.2) is 0 Å². The smallest absolute Gasteiger partial charge is 0.160 e. The molecule has 0 bridgehead atoms. The molecule has 0 saturated heterocycles. The molecular formula is C12H22O. The van der Waals surface area contributed by atoms with E-state index in [-0.39, 0.29) is 11.2 Å². The van der Waals surface area contributed by atoms with Crippen LogP contribution < -0.4 is 0 Å². The molecular weight excluding hydrogens is 160 g/mol. The van der Waals surface area contributed by atoms with Gasteiger partial charge >= 0.3 is 0 Å². The molecule has 0 aromatic carbocycles. The summed E-state index contributed by atoms with van der Waals surface area (Å²) in [5, 5.41) is 0. The molecule has 0 amide bonds. The minimum atomic E-state index is -0.234. The molecule has 76 valence electrons. The Labute approximate surface area is 82.2 Å². The van der Waals surface area contributed by atoms with Crippen LogP contribution in [0.1, 0.15) is 47.5 Å². The largest absolute Gasteiger partial charge is 0.294 e. The minimum absolute atomic E-state index is 0.222. The predicted octanol–water partition coefficient (Wildman–Crippen LogP) is 3.59. The van der Waals surface area contributed by atoms with Crippen molar-refractivity contribution in [3.05, 3.63) is 12.2 Å². The van der Waals surface area contributed by atoms with Gasteiger partial charge in [-0.1, -0.05) is 40.7 Å². The third-order valence-corrected chi connectivity index (χ3v) is 2.31. The van der Waals surface area contributed by atoms with Gasteiger partial charge in [0.25, 0.3) is 0 Å². The lowest BCUT2D eigenvalue weighted by Crippen LogP contribution is -2.17. The summed E-state index contributed by atoms with van der Waals surface area (Å²) in [6.07, 6.45) is 6.03. The van der Waals surface area contributed by atoms with E-state index in [9.17, 15) is 4.79 Å². The van der Waals surface area contributed by atoms with E-state index in [1.165, 1.54) is 0 Å². The molecule has 1 heteroatoms. The molecule has 0 unspecified atom stereocenters. The standard InChI is InChI=1S/C12H22O/c1-6-10(7-2)8-9-11(13)12(3,4)5/h8-10H,6-7H2,1-5H3/b9-8+. The first kappa shape index (κ1) is 12.4. The number of carbonyl (C=O) groups excluding carboxylic acids is 1. The molecule has 0 aliphatic rings. The fourth-order valence-electron chi connectivity index (χ4n) is 1.03. The van der Waals surface area contributed by atoms with Gasteiger partial charge in [-0.2, -0.15) is 0 Å². The lowest BCUT2D eigenvalue weighted by atomic mass is 9.89. The van der Waals surface area contributed by atoms with Crippen molar-refractivity contribution < 1.29 is 4.79 Å². The van der Waals surface area contributed by atoms with Crippen LogP contribution in [-0.2, 0) is 4.79 Å². The van der Waals surface area contributed by atoms with Crippen molar-refractivity contribution in [2.75, 3.05) is 0 Å². The topological polar surface area (TPSA) is 17.1 Å². The van der Waals surface area contributed by atoms with Crippen LogP contribution in [-0.4, -0.2) is 5.78 Å². The van der Waals surface area contributed by atoms with Gasteiger partial charge in [-0.15, -0.1) is 0 Å². The highest BCUT2D eigenvalue weighted by Gasteiger charge is 2.18. The van der Waals surface area contributed by atoms with Crippen molar-refractivity contribution in [1.29, 1.82) is 0 Å². The van der Waals surface area contributed by atoms with E-state index in [0.29, 0.717) is 5.92 Å². The Hall–Kier alpha value is -0.590. The van der Waals surface area contributed by atoms with Crippen molar-refractivity contribution in [3.63, 3.8) is 0 Å². The van der Waals surface area contributed by atoms with Crippen LogP contribution >= 0.6 is 0 Å². The summed E-state index contributed by atoms with van der Waals surface area (Å²) in [6, 6.07) is 0. The van der Waals surface area contributed by atoms with Gasteiger partial charge in [0.15, 0.2) is 5.78 Å². The average molecular weight is 182 g/mol. The summed E-state index contributed by atoms with van der Waals surface area (Å²) in [6.45, 7) is 10.2. The molecule has 0 spiro atoms. The first-order valence-electron chi connectivity index (χ1n) is 5.14. The first-order valence-corrected chi connectivity index (χ1v) is 5.14. The predicted molar refractivity (Wildman–Crippen MR) is 57.7 cm³/mol. The number of hydrogen-bond acceptors (Lipinski definition) is 1. The van der Waals surface area contributed by atoms with Crippen LogP contribution in [0.3, 0.4) is 0 Å². The maximum atomic E-state index is 11.5. The van der Waals surface area contributed by atoms with Crippen molar-refractivity contribution in [2.45, 2.75) is 47.5 Å². The molecule has 0 rings (SSSR count). The summed E-state index contributed by atoms with van der Waals surface area (Å²) in [7, 11) is 0. The maximum Gasteiger partial charge on any atom is 0.160 e. The Morgan fingerprint density at radius 2 is 1.69 bits per heavy atom. The molecule has 0 heterocycles. The Kier molecular flexibility index (Phi) is 4.97. The Bertz CT molecular complexity index is 180. The molecule has 0 saturated carbocycles. The molecule has 0 aromatic rings. The minimum Gasteiger partial charge on any atom is -0.294 e. The lowest BCUT2D eigenvalue weighted by Gasteiger charge is -2.14. The average Bonchev–Trinajstić information content (AvgIpc) is 2.04. The van der Waals surface area contributed by atoms with Crippen LogP contribution in [0, 0.1) is 11.3 Å². The third kappa shape index (κ3) is 4.87. The van der Waals surface area contributed by atoms with Crippen LogP contribution in [0.4, 0.5) is 0 Å². The molecule has 0 fully saturated rings. The molecule has 0 aliphatic heterocycles. The molecule has 0 aliphatic carbocycles. The summed E-state index contributed by atoms with van der Waals surface area (Å²) in [4.78, 5) is 11.5. The maximum absolute atomic E-state index is 11.5. The highest BCUT2D eigenvalue weighted by atomic mass is 16.1. The van der Waals surface area contributed by atoms with Gasteiger partial charge in [0.2, 0.25) is 0 Å². The lowest BCUT2D eigenvalue weighted by molar-refractivity contribution is -0.121. The van der Waals surface area contributed by atoms with Gasteiger partial charge in [0.05, 0.1) is 0 Å². The number of ketones is 1. The van der Waals surface area contributed by atoms with Gasteiger partial charge in [-0.05, 0) is 24.8 Å². The van der Waals surface area contributed by atoms with Gasteiger partial charge in [-0.3, -0.25) is 4.79 Å². The molecule has 0 atom stereocenters. The molecule has 0 N–H and O–H groups in total. The van der Waals surface area contributed by atoms with E-state index in [0.717, 1.165) is 12.8 Å². The normalized spacial score (nSPS) is 12.8. The van der Waals surface area contributed by atoms with E-state index >= 15 is 0 Å². The number of hydrogen-bond donors (Lipinski definition) is 0. The fraction of sp³-hybridized carbons (Fsp3) is 0.750. The van der Waals surface area contributed by atoms with Crippen molar-refractivity contribution in [2.24, 2.45) is 11.3 Å². The quantitative estimate of drug-likeness (QED) is 0.607. The number of rotatable bonds is 4. The zero-order valence-electron chi connectivity index (χ0n) is 9.55. The van der Waals surface area contributed by atoms with Crippen LogP contribution in [0.15, 0.2) is 12.2 Å². The van der Waals surface area contributed by atoms with E-state index in [1.54, 1.807) is 6.08 Å². The number of allylic oxidation sites excluding steroid dienone is 2. The molecule has 13 heavy (non-hydrogen) atoms. The van der Waals surface area contributed by atoms with Crippen molar-refractivity contribution in [1.82, 2.24) is 0 Å². The van der Waals surface area contributed by atoms with Crippen LogP contribution in [0.2, 0.25) is 0 Å². The van der Waals surface area contributed by atoms with Crippen LogP contribution in [0.25, 0.3) is 0 Å². The highest BCUT2D eigenvalue weighted by molar-refractivity contribution is 5.93. The van der Waals surface area contributed by atoms with Crippen LogP contribution in [0.5, 0.6) is 0 Å². The SMILES string of the molecule is CCC(/C=C/C(=O)C(C)(C)C)CC. The molecule has 0 aromatic heterocycles. The Morgan fingerprint density at radius 1 is 1.23 bits per heavy atom. The molecule has 1 nitrogen and oxygen atoms in total. The molecule has 0 radical (unpaired) electrons. The van der Waals surface area contributed by atoms with Gasteiger partial charge < -0.3 is 0 Å². The van der Waals surface area contributed by atoms with Gasteiger partial charge in [0.1, 0.15) is 0 Å². The van der Waals surface area contributed by atoms with Crippen molar-refractivity contribution in [3.8, 4) is 0 Å². The first-order chi connectivity index (χ1) is 5.91. The van der Waals surface area contributed by atoms with E-state index in [4.69, 9.17) is 0 Å². The van der Waals surface area contributed by atoms with E-state index in [2.05, 4.69) is 13.8 Å².